The Morgan fingerprint density at radius 3 is 2.65 bits per heavy atom. The van der Waals surface area contributed by atoms with E-state index in [0.29, 0.717) is 19.0 Å². The van der Waals surface area contributed by atoms with E-state index in [0.717, 1.165) is 16.2 Å². The summed E-state index contributed by atoms with van der Waals surface area (Å²) in [6, 6.07) is 9.48. The van der Waals surface area contributed by atoms with E-state index in [2.05, 4.69) is 0 Å². The van der Waals surface area contributed by atoms with Gasteiger partial charge in [0, 0.05) is 4.88 Å². The highest BCUT2D eigenvalue weighted by Crippen LogP contribution is 2.28. The van der Waals surface area contributed by atoms with Crippen LogP contribution in [0.3, 0.4) is 0 Å². The number of benzene rings is 1. The fourth-order valence-electron chi connectivity index (χ4n) is 1.76. The molecule has 0 radical (unpaired) electrons. The number of thiophene rings is 1. The molecule has 0 bridgehead atoms. The summed E-state index contributed by atoms with van der Waals surface area (Å²) in [6.07, 6.45) is 0. The number of aromatic carboxylic acids is 1. The molecule has 0 saturated carbocycles. The summed E-state index contributed by atoms with van der Waals surface area (Å²) in [5.41, 5.74) is 1.13. The normalized spacial score (nSPS) is 10.3. The van der Waals surface area contributed by atoms with Gasteiger partial charge < -0.3 is 14.6 Å². The van der Waals surface area contributed by atoms with Crippen LogP contribution in [-0.4, -0.2) is 24.3 Å². The summed E-state index contributed by atoms with van der Waals surface area (Å²) in [4.78, 5) is 12.2. The van der Waals surface area contributed by atoms with E-state index in [1.165, 1.54) is 11.3 Å². The van der Waals surface area contributed by atoms with Gasteiger partial charge in [-0.1, -0.05) is 12.1 Å². The van der Waals surface area contributed by atoms with E-state index >= 15 is 0 Å². The highest BCUT2D eigenvalue weighted by Gasteiger charge is 2.15. The summed E-state index contributed by atoms with van der Waals surface area (Å²) in [7, 11) is 0. The van der Waals surface area contributed by atoms with Crippen molar-refractivity contribution >= 4 is 17.3 Å². The van der Waals surface area contributed by atoms with Crippen molar-refractivity contribution in [3.8, 4) is 11.5 Å². The minimum absolute atomic E-state index is 0.234. The average Bonchev–Trinajstić information content (AvgIpc) is 2.76. The molecule has 0 unspecified atom stereocenters. The second-order valence-corrected chi connectivity index (χ2v) is 5.63. The molecule has 1 heterocycles. The number of hydrogen-bond acceptors (Lipinski definition) is 4. The van der Waals surface area contributed by atoms with Gasteiger partial charge >= 0.3 is 5.97 Å². The third kappa shape index (κ3) is 3.74. The van der Waals surface area contributed by atoms with Gasteiger partial charge in [-0.2, -0.15) is 0 Å². The zero-order valence-electron chi connectivity index (χ0n) is 11.4. The van der Waals surface area contributed by atoms with Crippen LogP contribution >= 0.6 is 11.3 Å². The maximum atomic E-state index is 11.0. The Labute approximate surface area is 121 Å². The molecule has 5 heteroatoms. The third-order valence-corrected chi connectivity index (χ3v) is 3.63. The molecule has 0 aliphatic carbocycles. The molecule has 1 aromatic carbocycles. The van der Waals surface area contributed by atoms with Crippen molar-refractivity contribution in [1.29, 1.82) is 0 Å². The summed E-state index contributed by atoms with van der Waals surface area (Å²) < 4.78 is 11.0. The molecular formula is C15H16O4S. The van der Waals surface area contributed by atoms with Gasteiger partial charge in [-0.3, -0.25) is 0 Å². The minimum Gasteiger partial charge on any atom is -0.490 e. The molecule has 2 aromatic rings. The van der Waals surface area contributed by atoms with Crippen LogP contribution in [0.4, 0.5) is 0 Å². The lowest BCUT2D eigenvalue weighted by Gasteiger charge is -2.08. The molecule has 4 nitrogen and oxygen atoms in total. The van der Waals surface area contributed by atoms with Gasteiger partial charge in [0.2, 0.25) is 0 Å². The van der Waals surface area contributed by atoms with Gasteiger partial charge in [0.25, 0.3) is 0 Å². The van der Waals surface area contributed by atoms with E-state index in [9.17, 15) is 4.79 Å². The van der Waals surface area contributed by atoms with Crippen LogP contribution in [0.15, 0.2) is 30.3 Å². The number of carboxylic acids is 1. The average molecular weight is 292 g/mol. The molecule has 0 atom stereocenters. The van der Waals surface area contributed by atoms with E-state index in [4.69, 9.17) is 14.6 Å². The molecule has 0 fully saturated rings. The number of carbonyl (C=O) groups is 1. The molecule has 0 aliphatic rings. The lowest BCUT2D eigenvalue weighted by atomic mass is 10.2. The SMILES string of the molecule is Cc1cccc(OCCOc2cc(C)sc2C(=O)O)c1. The van der Waals surface area contributed by atoms with Crippen LogP contribution in [-0.2, 0) is 0 Å². The Morgan fingerprint density at radius 2 is 1.95 bits per heavy atom. The summed E-state index contributed by atoms with van der Waals surface area (Å²) >= 11 is 1.21. The van der Waals surface area contributed by atoms with Gasteiger partial charge in [-0.25, -0.2) is 4.79 Å². The van der Waals surface area contributed by atoms with Gasteiger partial charge in [-0.05, 0) is 37.6 Å². The summed E-state index contributed by atoms with van der Waals surface area (Å²) in [6.45, 7) is 4.53. The van der Waals surface area contributed by atoms with Crippen molar-refractivity contribution in [1.82, 2.24) is 0 Å². The molecule has 0 amide bonds. The van der Waals surface area contributed by atoms with Crippen LogP contribution in [0.2, 0.25) is 0 Å². The van der Waals surface area contributed by atoms with Gasteiger partial charge in [-0.15, -0.1) is 11.3 Å². The highest BCUT2D eigenvalue weighted by molar-refractivity contribution is 7.14. The van der Waals surface area contributed by atoms with Gasteiger partial charge in [0.1, 0.15) is 24.7 Å². The minimum atomic E-state index is -0.960. The molecule has 20 heavy (non-hydrogen) atoms. The monoisotopic (exact) mass is 292 g/mol. The van der Waals surface area contributed by atoms with Crippen molar-refractivity contribution in [2.45, 2.75) is 13.8 Å². The maximum absolute atomic E-state index is 11.0. The Balaban J connectivity index is 1.86. The Hall–Kier alpha value is -2.01. The Morgan fingerprint density at radius 1 is 1.20 bits per heavy atom. The first kappa shape index (κ1) is 14.4. The standard InChI is InChI=1S/C15H16O4S/c1-10-4-3-5-12(8-10)18-6-7-19-13-9-11(2)20-14(13)15(16)17/h3-5,8-9H,6-7H2,1-2H3,(H,16,17). The third-order valence-electron chi connectivity index (χ3n) is 2.61. The van der Waals surface area contributed by atoms with Crippen molar-refractivity contribution in [3.05, 3.63) is 45.6 Å². The quantitative estimate of drug-likeness (QED) is 0.828. The van der Waals surface area contributed by atoms with Crippen molar-refractivity contribution in [3.63, 3.8) is 0 Å². The Bertz CT molecular complexity index is 604. The molecular weight excluding hydrogens is 276 g/mol. The van der Waals surface area contributed by atoms with Crippen LogP contribution < -0.4 is 9.47 Å². The predicted molar refractivity (Wildman–Crippen MR) is 78.2 cm³/mol. The number of hydrogen-bond donors (Lipinski definition) is 1. The largest absolute Gasteiger partial charge is 0.490 e. The number of ether oxygens (including phenoxy) is 2. The zero-order valence-corrected chi connectivity index (χ0v) is 12.2. The first-order valence-electron chi connectivity index (χ1n) is 6.22. The van der Waals surface area contributed by atoms with Gasteiger partial charge in [0.15, 0.2) is 4.88 Å². The van der Waals surface area contributed by atoms with Crippen molar-refractivity contribution in [2.75, 3.05) is 13.2 Å². The van der Waals surface area contributed by atoms with E-state index < -0.39 is 5.97 Å². The molecule has 1 N–H and O–H groups in total. The number of rotatable bonds is 6. The summed E-state index contributed by atoms with van der Waals surface area (Å²) in [5.74, 6) is 0.235. The van der Waals surface area contributed by atoms with Gasteiger partial charge in [0.05, 0.1) is 0 Å². The number of carboxylic acid groups (broad SMARTS) is 1. The first-order chi connectivity index (χ1) is 9.56. The van der Waals surface area contributed by atoms with E-state index in [1.54, 1.807) is 6.07 Å². The fraction of sp³-hybridized carbons (Fsp3) is 0.267. The second kappa shape index (κ2) is 6.43. The Kier molecular flexibility index (Phi) is 4.63. The lowest BCUT2D eigenvalue weighted by molar-refractivity contribution is 0.0697. The van der Waals surface area contributed by atoms with Crippen LogP contribution in [0, 0.1) is 13.8 Å². The van der Waals surface area contributed by atoms with E-state index in [1.807, 2.05) is 38.1 Å². The first-order valence-corrected chi connectivity index (χ1v) is 7.04. The zero-order chi connectivity index (χ0) is 14.5. The van der Waals surface area contributed by atoms with Crippen molar-refractivity contribution in [2.24, 2.45) is 0 Å². The lowest BCUT2D eigenvalue weighted by Crippen LogP contribution is -2.10. The topological polar surface area (TPSA) is 55.8 Å². The predicted octanol–water partition coefficient (Wildman–Crippen LogP) is 3.52. The maximum Gasteiger partial charge on any atom is 0.349 e. The molecule has 1 aromatic heterocycles. The van der Waals surface area contributed by atoms with Crippen LogP contribution in [0.5, 0.6) is 11.5 Å². The smallest absolute Gasteiger partial charge is 0.349 e. The van der Waals surface area contributed by atoms with Crippen LogP contribution in [0.25, 0.3) is 0 Å². The summed E-state index contributed by atoms with van der Waals surface area (Å²) in [5, 5.41) is 9.04. The van der Waals surface area contributed by atoms with Crippen molar-refractivity contribution < 1.29 is 19.4 Å². The molecule has 2 rings (SSSR count). The fourth-order valence-corrected chi connectivity index (χ4v) is 2.56. The molecule has 0 saturated heterocycles. The van der Waals surface area contributed by atoms with E-state index in [-0.39, 0.29) is 4.88 Å². The van der Waals surface area contributed by atoms with Crippen LogP contribution in [0.1, 0.15) is 20.1 Å². The highest BCUT2D eigenvalue weighted by atomic mass is 32.1. The molecule has 106 valence electrons. The molecule has 0 spiro atoms. The number of aryl methyl sites for hydroxylation is 2. The second-order valence-electron chi connectivity index (χ2n) is 4.37. The molecule has 0 aliphatic heterocycles.